The molecule has 0 saturated carbocycles. The smallest absolute Gasteiger partial charge is 0.107 e. The summed E-state index contributed by atoms with van der Waals surface area (Å²) < 4.78 is 0.830. The van der Waals surface area contributed by atoms with E-state index in [-0.39, 0.29) is 0 Å². The quantitative estimate of drug-likeness (QED) is 0.630. The van der Waals surface area contributed by atoms with Gasteiger partial charge in [0.2, 0.25) is 0 Å². The third-order valence-corrected chi connectivity index (χ3v) is 3.02. The molecule has 2 heterocycles. The van der Waals surface area contributed by atoms with E-state index in [4.69, 9.17) is 0 Å². The van der Waals surface area contributed by atoms with Crippen molar-refractivity contribution in [1.82, 2.24) is 9.97 Å². The molecule has 0 spiro atoms. The van der Waals surface area contributed by atoms with Crippen molar-refractivity contribution in [2.75, 3.05) is 0 Å². The highest BCUT2D eigenvalue weighted by Gasteiger charge is 2.06. The number of benzene rings is 1. The number of hydrogen-bond acceptors (Lipinski definition) is 2. The Kier molecular flexibility index (Phi) is 2.61. The monoisotopic (exact) mass is 284 g/mol. The Bertz CT molecular complexity index is 665. The molecular weight excluding hydrogens is 276 g/mol. The molecule has 0 aliphatic heterocycles. The molecule has 0 atom stereocenters. The number of fused-ring (bicyclic) bond motifs is 1. The fraction of sp³-hybridized carbons (Fsp3) is 0. The van der Waals surface area contributed by atoms with Crippen LogP contribution in [0.25, 0.3) is 22.2 Å². The molecule has 0 fully saturated rings. The van der Waals surface area contributed by atoms with Crippen molar-refractivity contribution in [3.63, 3.8) is 0 Å². The van der Waals surface area contributed by atoms with Gasteiger partial charge in [-0.25, -0.2) is 4.98 Å². The fourth-order valence-electron chi connectivity index (χ4n) is 1.87. The van der Waals surface area contributed by atoms with Crippen molar-refractivity contribution in [1.29, 1.82) is 0 Å². The number of hydrogen-bond donors (Lipinski definition) is 0. The van der Waals surface area contributed by atoms with Gasteiger partial charge in [-0.05, 0) is 39.7 Å². The van der Waals surface area contributed by atoms with Gasteiger partial charge in [0.1, 0.15) is 4.60 Å². The summed E-state index contributed by atoms with van der Waals surface area (Å²) in [5, 5.41) is 0. The lowest BCUT2D eigenvalue weighted by Gasteiger charge is -2.06. The van der Waals surface area contributed by atoms with E-state index in [9.17, 15) is 0 Å². The zero-order chi connectivity index (χ0) is 11.7. The summed E-state index contributed by atoms with van der Waals surface area (Å²) in [7, 11) is 0. The van der Waals surface area contributed by atoms with E-state index in [0.717, 1.165) is 26.8 Å². The Morgan fingerprint density at radius 2 is 1.76 bits per heavy atom. The molecule has 3 heteroatoms. The second kappa shape index (κ2) is 4.26. The number of rotatable bonds is 1. The molecule has 17 heavy (non-hydrogen) atoms. The second-order valence-electron chi connectivity index (χ2n) is 3.73. The fourth-order valence-corrected chi connectivity index (χ4v) is 2.29. The molecule has 0 radical (unpaired) electrons. The van der Waals surface area contributed by atoms with Gasteiger partial charge >= 0.3 is 0 Å². The SMILES string of the molecule is Brc1cc(-c2ccccc2)c2ncccc2n1. The minimum absolute atomic E-state index is 0.830. The Morgan fingerprint density at radius 3 is 2.59 bits per heavy atom. The van der Waals surface area contributed by atoms with Crippen LogP contribution in [0.1, 0.15) is 0 Å². The predicted octanol–water partition coefficient (Wildman–Crippen LogP) is 4.06. The van der Waals surface area contributed by atoms with E-state index in [2.05, 4.69) is 38.0 Å². The van der Waals surface area contributed by atoms with Gasteiger partial charge in [-0.2, -0.15) is 0 Å². The van der Waals surface area contributed by atoms with Crippen molar-refractivity contribution in [3.05, 3.63) is 59.3 Å². The summed E-state index contributed by atoms with van der Waals surface area (Å²) in [5.41, 5.74) is 4.09. The molecule has 0 N–H and O–H groups in total. The van der Waals surface area contributed by atoms with Crippen LogP contribution >= 0.6 is 15.9 Å². The van der Waals surface area contributed by atoms with Crippen LogP contribution in [0.5, 0.6) is 0 Å². The highest BCUT2D eigenvalue weighted by molar-refractivity contribution is 9.10. The van der Waals surface area contributed by atoms with E-state index in [0.29, 0.717) is 0 Å². The van der Waals surface area contributed by atoms with Crippen molar-refractivity contribution in [2.45, 2.75) is 0 Å². The zero-order valence-corrected chi connectivity index (χ0v) is 10.6. The molecular formula is C14H9BrN2. The first-order valence-electron chi connectivity index (χ1n) is 5.31. The topological polar surface area (TPSA) is 25.8 Å². The molecule has 3 rings (SSSR count). The third kappa shape index (κ3) is 1.94. The predicted molar refractivity (Wildman–Crippen MR) is 72.7 cm³/mol. The van der Waals surface area contributed by atoms with Gasteiger partial charge in [-0.1, -0.05) is 30.3 Å². The van der Waals surface area contributed by atoms with Crippen LogP contribution in [0.3, 0.4) is 0 Å². The molecule has 3 aromatic rings. The minimum atomic E-state index is 0.830. The van der Waals surface area contributed by atoms with Crippen molar-refractivity contribution in [2.24, 2.45) is 0 Å². The number of pyridine rings is 2. The van der Waals surface area contributed by atoms with E-state index in [1.54, 1.807) is 6.20 Å². The molecule has 1 aromatic carbocycles. The van der Waals surface area contributed by atoms with E-state index >= 15 is 0 Å². The van der Waals surface area contributed by atoms with E-state index in [1.807, 2.05) is 36.4 Å². The summed E-state index contributed by atoms with van der Waals surface area (Å²) in [6, 6.07) is 16.1. The lowest BCUT2D eigenvalue weighted by atomic mass is 10.1. The lowest BCUT2D eigenvalue weighted by Crippen LogP contribution is -1.88. The second-order valence-corrected chi connectivity index (χ2v) is 4.54. The molecule has 2 nitrogen and oxygen atoms in total. The van der Waals surface area contributed by atoms with Gasteiger partial charge < -0.3 is 0 Å². The molecule has 0 unspecified atom stereocenters. The van der Waals surface area contributed by atoms with Gasteiger partial charge in [0.05, 0.1) is 11.0 Å². The zero-order valence-electron chi connectivity index (χ0n) is 8.97. The van der Waals surface area contributed by atoms with Gasteiger partial charge in [-0.15, -0.1) is 0 Å². The number of nitrogens with zero attached hydrogens (tertiary/aromatic N) is 2. The average molecular weight is 285 g/mol. The summed E-state index contributed by atoms with van der Waals surface area (Å²) in [5.74, 6) is 0. The van der Waals surface area contributed by atoms with Crippen LogP contribution in [-0.2, 0) is 0 Å². The number of aromatic nitrogens is 2. The average Bonchev–Trinajstić information content (AvgIpc) is 2.39. The Labute approximate surface area is 107 Å². The first-order chi connectivity index (χ1) is 8.34. The summed E-state index contributed by atoms with van der Waals surface area (Å²) in [6.45, 7) is 0. The first kappa shape index (κ1) is 10.4. The van der Waals surface area contributed by atoms with Crippen LogP contribution in [0.2, 0.25) is 0 Å². The van der Waals surface area contributed by atoms with Gasteiger partial charge in [0.15, 0.2) is 0 Å². The highest BCUT2D eigenvalue weighted by atomic mass is 79.9. The normalized spacial score (nSPS) is 10.6. The Morgan fingerprint density at radius 1 is 0.941 bits per heavy atom. The van der Waals surface area contributed by atoms with Crippen LogP contribution in [0.4, 0.5) is 0 Å². The molecule has 0 saturated heterocycles. The van der Waals surface area contributed by atoms with E-state index < -0.39 is 0 Å². The Balaban J connectivity index is 2.36. The minimum Gasteiger partial charge on any atom is -0.254 e. The molecule has 0 amide bonds. The van der Waals surface area contributed by atoms with Gasteiger partial charge in [-0.3, -0.25) is 4.98 Å². The maximum atomic E-state index is 4.42. The van der Waals surface area contributed by atoms with Crippen molar-refractivity contribution >= 4 is 27.0 Å². The van der Waals surface area contributed by atoms with Crippen molar-refractivity contribution in [3.8, 4) is 11.1 Å². The summed E-state index contributed by atoms with van der Waals surface area (Å²) in [4.78, 5) is 8.83. The summed E-state index contributed by atoms with van der Waals surface area (Å²) >= 11 is 3.44. The van der Waals surface area contributed by atoms with Crippen LogP contribution in [-0.4, -0.2) is 9.97 Å². The van der Waals surface area contributed by atoms with Crippen molar-refractivity contribution < 1.29 is 0 Å². The molecule has 0 bridgehead atoms. The maximum absolute atomic E-state index is 4.42. The summed E-state index contributed by atoms with van der Waals surface area (Å²) in [6.07, 6.45) is 1.80. The molecule has 0 aliphatic carbocycles. The molecule has 82 valence electrons. The van der Waals surface area contributed by atoms with Crippen LogP contribution in [0, 0.1) is 0 Å². The number of halogens is 1. The van der Waals surface area contributed by atoms with Crippen LogP contribution in [0.15, 0.2) is 59.3 Å². The maximum Gasteiger partial charge on any atom is 0.107 e. The largest absolute Gasteiger partial charge is 0.254 e. The third-order valence-electron chi connectivity index (χ3n) is 2.62. The standard InChI is InChI=1S/C14H9BrN2/c15-13-9-11(10-5-2-1-3-6-10)14-12(17-13)7-4-8-16-14/h1-9H. The van der Waals surface area contributed by atoms with Gasteiger partial charge in [0, 0.05) is 11.8 Å². The Hall–Kier alpha value is -1.74. The lowest BCUT2D eigenvalue weighted by molar-refractivity contribution is 1.30. The van der Waals surface area contributed by atoms with E-state index in [1.165, 1.54) is 0 Å². The molecule has 0 aliphatic rings. The van der Waals surface area contributed by atoms with Crippen LogP contribution < -0.4 is 0 Å². The first-order valence-corrected chi connectivity index (χ1v) is 6.10. The van der Waals surface area contributed by atoms with Gasteiger partial charge in [0.25, 0.3) is 0 Å². The highest BCUT2D eigenvalue weighted by Crippen LogP contribution is 2.28. The molecule has 2 aromatic heterocycles.